The third-order valence-corrected chi connectivity index (χ3v) is 4.29. The molecule has 90 valence electrons. The first-order valence-electron chi connectivity index (χ1n) is 5.72. The zero-order valence-corrected chi connectivity index (χ0v) is 12.3. The van der Waals surface area contributed by atoms with E-state index in [0.717, 1.165) is 15.7 Å². The van der Waals surface area contributed by atoms with Crippen molar-refractivity contribution in [2.24, 2.45) is 0 Å². The van der Waals surface area contributed by atoms with Gasteiger partial charge in [0.15, 0.2) is 0 Å². The van der Waals surface area contributed by atoms with Crippen LogP contribution in [0.1, 0.15) is 16.1 Å². The standard InChI is InChI=1S/C15H12BrNS/c1-10-6-14(18-9-10)5-4-13-7-11-2-3-12(16)8-15(11)17-13/h2-9,17H,1H3/b5-4+. The second kappa shape index (κ2) is 4.75. The van der Waals surface area contributed by atoms with Gasteiger partial charge >= 0.3 is 0 Å². The SMILES string of the molecule is Cc1csc(/C=C/c2cc3ccc(Br)cc3[nH]2)c1. The summed E-state index contributed by atoms with van der Waals surface area (Å²) in [7, 11) is 0. The number of thiophene rings is 1. The number of aromatic nitrogens is 1. The van der Waals surface area contributed by atoms with E-state index in [0.29, 0.717) is 0 Å². The summed E-state index contributed by atoms with van der Waals surface area (Å²) < 4.78 is 1.10. The van der Waals surface area contributed by atoms with Crippen LogP contribution in [0.3, 0.4) is 0 Å². The Morgan fingerprint density at radius 1 is 1.17 bits per heavy atom. The van der Waals surface area contributed by atoms with Crippen LogP contribution in [-0.4, -0.2) is 4.98 Å². The highest BCUT2D eigenvalue weighted by atomic mass is 79.9. The number of aryl methyl sites for hydroxylation is 1. The molecule has 1 aromatic carbocycles. The molecule has 2 heterocycles. The van der Waals surface area contributed by atoms with E-state index < -0.39 is 0 Å². The Bertz CT molecular complexity index is 721. The fourth-order valence-corrected chi connectivity index (χ4v) is 3.08. The van der Waals surface area contributed by atoms with Crippen molar-refractivity contribution in [3.05, 3.63) is 56.3 Å². The van der Waals surface area contributed by atoms with Gasteiger partial charge in [0.2, 0.25) is 0 Å². The molecule has 0 aliphatic heterocycles. The number of fused-ring (bicyclic) bond motifs is 1. The number of aromatic amines is 1. The summed E-state index contributed by atoms with van der Waals surface area (Å²) in [4.78, 5) is 4.69. The van der Waals surface area contributed by atoms with Crippen LogP contribution in [0.4, 0.5) is 0 Å². The first-order chi connectivity index (χ1) is 8.70. The zero-order valence-electron chi connectivity index (χ0n) is 9.91. The van der Waals surface area contributed by atoms with Crippen molar-refractivity contribution in [3.63, 3.8) is 0 Å². The van der Waals surface area contributed by atoms with Crippen LogP contribution < -0.4 is 0 Å². The lowest BCUT2D eigenvalue weighted by Crippen LogP contribution is -1.69. The molecule has 0 unspecified atom stereocenters. The fraction of sp³-hybridized carbons (Fsp3) is 0.0667. The predicted molar refractivity (Wildman–Crippen MR) is 84.0 cm³/mol. The van der Waals surface area contributed by atoms with E-state index >= 15 is 0 Å². The molecule has 1 N–H and O–H groups in total. The number of H-pyrrole nitrogens is 1. The number of hydrogen-bond donors (Lipinski definition) is 1. The number of benzene rings is 1. The van der Waals surface area contributed by atoms with Gasteiger partial charge in [0.1, 0.15) is 0 Å². The van der Waals surface area contributed by atoms with Crippen LogP contribution in [0.25, 0.3) is 23.1 Å². The fourth-order valence-electron chi connectivity index (χ4n) is 1.92. The van der Waals surface area contributed by atoms with Crippen molar-refractivity contribution in [2.75, 3.05) is 0 Å². The Morgan fingerprint density at radius 2 is 2.06 bits per heavy atom. The normalized spacial score (nSPS) is 11.7. The molecule has 0 atom stereocenters. The molecule has 0 aliphatic rings. The quantitative estimate of drug-likeness (QED) is 0.645. The Morgan fingerprint density at radius 3 is 2.83 bits per heavy atom. The summed E-state index contributed by atoms with van der Waals surface area (Å²) in [6.45, 7) is 2.12. The molecule has 0 spiro atoms. The van der Waals surface area contributed by atoms with Gasteiger partial charge in [0, 0.05) is 25.9 Å². The predicted octanol–water partition coefficient (Wildman–Crippen LogP) is 5.47. The highest BCUT2D eigenvalue weighted by Crippen LogP contribution is 2.22. The number of halogens is 1. The van der Waals surface area contributed by atoms with E-state index in [9.17, 15) is 0 Å². The summed E-state index contributed by atoms with van der Waals surface area (Å²) in [5.74, 6) is 0. The first kappa shape index (κ1) is 11.8. The van der Waals surface area contributed by atoms with Gasteiger partial charge in [0.25, 0.3) is 0 Å². The van der Waals surface area contributed by atoms with Crippen molar-refractivity contribution in [3.8, 4) is 0 Å². The van der Waals surface area contributed by atoms with Crippen LogP contribution in [0, 0.1) is 6.92 Å². The number of rotatable bonds is 2. The minimum atomic E-state index is 1.10. The van der Waals surface area contributed by atoms with Gasteiger partial charge in [-0.25, -0.2) is 0 Å². The molecular formula is C15H12BrNS. The van der Waals surface area contributed by atoms with Gasteiger partial charge < -0.3 is 4.98 Å². The number of nitrogens with one attached hydrogen (secondary N) is 1. The second-order valence-electron chi connectivity index (χ2n) is 4.32. The van der Waals surface area contributed by atoms with Crippen LogP contribution >= 0.6 is 27.3 Å². The smallest absolute Gasteiger partial charge is 0.0469 e. The molecule has 3 rings (SSSR count). The summed E-state index contributed by atoms with van der Waals surface area (Å²) in [6.07, 6.45) is 4.27. The summed E-state index contributed by atoms with van der Waals surface area (Å²) in [5.41, 5.74) is 3.61. The van der Waals surface area contributed by atoms with E-state index in [1.807, 2.05) is 0 Å². The van der Waals surface area contributed by atoms with Gasteiger partial charge in [-0.2, -0.15) is 0 Å². The van der Waals surface area contributed by atoms with Crippen molar-refractivity contribution >= 4 is 50.3 Å². The van der Waals surface area contributed by atoms with Gasteiger partial charge in [-0.1, -0.05) is 22.0 Å². The maximum atomic E-state index is 3.48. The van der Waals surface area contributed by atoms with Crippen LogP contribution in [0.5, 0.6) is 0 Å². The largest absolute Gasteiger partial charge is 0.355 e. The molecule has 1 nitrogen and oxygen atoms in total. The van der Waals surface area contributed by atoms with Crippen LogP contribution in [0.15, 0.2) is 40.2 Å². The lowest BCUT2D eigenvalue weighted by Gasteiger charge is -1.89. The zero-order chi connectivity index (χ0) is 12.5. The lowest BCUT2D eigenvalue weighted by molar-refractivity contribution is 1.43. The van der Waals surface area contributed by atoms with Crippen molar-refractivity contribution in [2.45, 2.75) is 6.92 Å². The highest BCUT2D eigenvalue weighted by Gasteiger charge is 1.99. The van der Waals surface area contributed by atoms with E-state index in [4.69, 9.17) is 0 Å². The van der Waals surface area contributed by atoms with Gasteiger partial charge in [0.05, 0.1) is 0 Å². The molecule has 0 aliphatic carbocycles. The minimum absolute atomic E-state index is 1.10. The Balaban J connectivity index is 1.93. The molecule has 0 bridgehead atoms. The maximum Gasteiger partial charge on any atom is 0.0469 e. The average Bonchev–Trinajstić information content (AvgIpc) is 2.92. The minimum Gasteiger partial charge on any atom is -0.355 e. The molecule has 0 saturated heterocycles. The molecule has 0 radical (unpaired) electrons. The molecular weight excluding hydrogens is 306 g/mol. The highest BCUT2D eigenvalue weighted by molar-refractivity contribution is 9.10. The molecule has 0 saturated carbocycles. The summed E-state index contributed by atoms with van der Waals surface area (Å²) in [5, 5.41) is 3.40. The Hall–Kier alpha value is -1.32. The van der Waals surface area contributed by atoms with Crippen LogP contribution in [-0.2, 0) is 0 Å². The van der Waals surface area contributed by atoms with E-state index in [2.05, 4.69) is 75.7 Å². The Kier molecular flexibility index (Phi) is 3.10. The molecule has 0 fully saturated rings. The first-order valence-corrected chi connectivity index (χ1v) is 7.39. The topological polar surface area (TPSA) is 15.8 Å². The Labute approximate surface area is 118 Å². The van der Waals surface area contributed by atoms with Crippen molar-refractivity contribution < 1.29 is 0 Å². The number of hydrogen-bond acceptors (Lipinski definition) is 1. The second-order valence-corrected chi connectivity index (χ2v) is 6.17. The summed E-state index contributed by atoms with van der Waals surface area (Å²) >= 11 is 5.25. The molecule has 0 amide bonds. The third-order valence-electron chi connectivity index (χ3n) is 2.78. The van der Waals surface area contributed by atoms with Crippen molar-refractivity contribution in [1.82, 2.24) is 4.98 Å². The maximum absolute atomic E-state index is 3.48. The van der Waals surface area contributed by atoms with Crippen LogP contribution in [0.2, 0.25) is 0 Å². The molecule has 2 aromatic heterocycles. The third kappa shape index (κ3) is 2.42. The molecule has 3 aromatic rings. The monoisotopic (exact) mass is 317 g/mol. The van der Waals surface area contributed by atoms with Crippen molar-refractivity contribution in [1.29, 1.82) is 0 Å². The van der Waals surface area contributed by atoms with E-state index in [-0.39, 0.29) is 0 Å². The molecule has 3 heteroatoms. The van der Waals surface area contributed by atoms with E-state index in [1.54, 1.807) is 11.3 Å². The van der Waals surface area contributed by atoms with E-state index in [1.165, 1.54) is 15.8 Å². The lowest BCUT2D eigenvalue weighted by atomic mass is 10.2. The summed E-state index contributed by atoms with van der Waals surface area (Å²) in [6, 6.07) is 10.6. The molecule has 18 heavy (non-hydrogen) atoms. The average molecular weight is 318 g/mol. The van der Waals surface area contributed by atoms with Gasteiger partial charge in [-0.05, 0) is 54.3 Å². The van der Waals surface area contributed by atoms with Gasteiger partial charge in [-0.3, -0.25) is 0 Å². The van der Waals surface area contributed by atoms with Gasteiger partial charge in [-0.15, -0.1) is 11.3 Å².